The molecule has 18 heavy (non-hydrogen) atoms. The summed E-state index contributed by atoms with van der Waals surface area (Å²) >= 11 is 0. The molecule has 4 atom stereocenters. The summed E-state index contributed by atoms with van der Waals surface area (Å²) in [5.74, 6) is -0.0699. The van der Waals surface area contributed by atoms with Crippen molar-refractivity contribution in [1.82, 2.24) is 0 Å². The van der Waals surface area contributed by atoms with Gasteiger partial charge in [-0.25, -0.2) is 0 Å². The Morgan fingerprint density at radius 2 is 1.89 bits per heavy atom. The number of esters is 1. The van der Waals surface area contributed by atoms with Gasteiger partial charge in [0, 0.05) is 0 Å². The highest BCUT2D eigenvalue weighted by Crippen LogP contribution is 2.59. The predicted octanol–water partition coefficient (Wildman–Crippen LogP) is 2.76. The molecule has 2 fully saturated rings. The fraction of sp³-hybridized carbons (Fsp3) is 0.933. The van der Waals surface area contributed by atoms with Gasteiger partial charge in [0.2, 0.25) is 0 Å². The maximum atomic E-state index is 12.1. The van der Waals surface area contributed by atoms with Gasteiger partial charge in [-0.1, -0.05) is 27.2 Å². The molecule has 0 heterocycles. The van der Waals surface area contributed by atoms with Crippen LogP contribution < -0.4 is 0 Å². The molecule has 0 aromatic carbocycles. The van der Waals surface area contributed by atoms with Crippen molar-refractivity contribution in [2.75, 3.05) is 7.11 Å². The lowest BCUT2D eigenvalue weighted by Gasteiger charge is -2.57. The van der Waals surface area contributed by atoms with E-state index in [0.717, 1.165) is 25.7 Å². The normalized spacial score (nSPS) is 43.1. The average Bonchev–Trinajstić information content (AvgIpc) is 2.26. The van der Waals surface area contributed by atoms with Crippen molar-refractivity contribution < 1.29 is 14.6 Å². The third-order valence-electron chi connectivity index (χ3n) is 5.58. The van der Waals surface area contributed by atoms with Crippen molar-refractivity contribution in [1.29, 1.82) is 0 Å². The highest BCUT2D eigenvalue weighted by molar-refractivity contribution is 5.74. The number of fused-ring (bicyclic) bond motifs is 1. The van der Waals surface area contributed by atoms with Crippen molar-refractivity contribution in [3.63, 3.8) is 0 Å². The van der Waals surface area contributed by atoms with Crippen LogP contribution in [0.25, 0.3) is 0 Å². The topological polar surface area (TPSA) is 46.5 Å². The van der Waals surface area contributed by atoms with Crippen LogP contribution in [0.1, 0.15) is 52.9 Å². The van der Waals surface area contributed by atoms with Crippen LogP contribution in [0.2, 0.25) is 0 Å². The minimum Gasteiger partial charge on any atom is -0.469 e. The van der Waals surface area contributed by atoms with Crippen molar-refractivity contribution in [3.8, 4) is 0 Å². The quantitative estimate of drug-likeness (QED) is 0.732. The monoisotopic (exact) mass is 254 g/mol. The second-order valence-corrected chi connectivity index (χ2v) is 7.05. The first-order valence-electron chi connectivity index (χ1n) is 7.09. The number of carbonyl (C=O) groups excluding carboxylic acids is 1. The third-order valence-corrected chi connectivity index (χ3v) is 5.58. The van der Waals surface area contributed by atoms with E-state index >= 15 is 0 Å². The lowest BCUT2D eigenvalue weighted by Crippen LogP contribution is -2.55. The smallest absolute Gasteiger partial charge is 0.311 e. The van der Waals surface area contributed by atoms with E-state index in [0.29, 0.717) is 5.92 Å². The maximum absolute atomic E-state index is 12.1. The minimum atomic E-state index is -0.535. The van der Waals surface area contributed by atoms with Crippen molar-refractivity contribution in [2.24, 2.45) is 22.7 Å². The lowest BCUT2D eigenvalue weighted by molar-refractivity contribution is -0.175. The molecule has 0 aromatic heterocycles. The Kier molecular flexibility index (Phi) is 3.48. The molecule has 3 heteroatoms. The molecule has 0 saturated heterocycles. The molecule has 0 spiro atoms. The summed E-state index contributed by atoms with van der Waals surface area (Å²) in [6, 6.07) is 0. The van der Waals surface area contributed by atoms with Gasteiger partial charge in [-0.2, -0.15) is 0 Å². The number of ether oxygens (including phenoxy) is 1. The number of carbonyl (C=O) groups is 1. The molecule has 2 saturated carbocycles. The molecule has 1 N–H and O–H groups in total. The van der Waals surface area contributed by atoms with Crippen LogP contribution in [0, 0.1) is 22.7 Å². The molecule has 2 aliphatic carbocycles. The molecule has 0 aliphatic heterocycles. The van der Waals surface area contributed by atoms with Gasteiger partial charge >= 0.3 is 5.97 Å². The van der Waals surface area contributed by atoms with Crippen LogP contribution >= 0.6 is 0 Å². The molecular formula is C15H26O3. The van der Waals surface area contributed by atoms with Crippen LogP contribution in [0.15, 0.2) is 0 Å². The standard InChI is InChI=1S/C15H26O3/c1-14(2)8-5-9-15(3)11(14)7-6-10(16)12(15)13(17)18-4/h10-12,16H,5-9H2,1-4H3/t10-,11-,12-,15+/m0/s1. The van der Waals surface area contributed by atoms with Crippen LogP contribution in [-0.2, 0) is 9.53 Å². The Morgan fingerprint density at radius 3 is 2.50 bits per heavy atom. The van der Waals surface area contributed by atoms with Gasteiger partial charge in [-0.3, -0.25) is 4.79 Å². The van der Waals surface area contributed by atoms with Crippen LogP contribution in [0.4, 0.5) is 0 Å². The first kappa shape index (κ1) is 13.9. The minimum absolute atomic E-state index is 0.105. The second kappa shape index (κ2) is 4.52. The number of hydrogen-bond donors (Lipinski definition) is 1. The van der Waals surface area contributed by atoms with Gasteiger partial charge in [0.15, 0.2) is 0 Å². The summed E-state index contributed by atoms with van der Waals surface area (Å²) in [6.07, 6.45) is 4.60. The molecule has 3 nitrogen and oxygen atoms in total. The molecule has 0 unspecified atom stereocenters. The zero-order valence-electron chi connectivity index (χ0n) is 12.0. The number of aliphatic hydroxyl groups excluding tert-OH is 1. The van der Waals surface area contributed by atoms with Gasteiger partial charge < -0.3 is 9.84 Å². The number of aliphatic hydroxyl groups is 1. The van der Waals surface area contributed by atoms with Gasteiger partial charge in [0.05, 0.1) is 19.1 Å². The van der Waals surface area contributed by atoms with E-state index in [-0.39, 0.29) is 22.7 Å². The zero-order valence-corrected chi connectivity index (χ0v) is 12.0. The highest BCUT2D eigenvalue weighted by atomic mass is 16.5. The molecule has 104 valence electrons. The number of hydrogen-bond acceptors (Lipinski definition) is 3. The molecular weight excluding hydrogens is 228 g/mol. The van der Waals surface area contributed by atoms with E-state index in [4.69, 9.17) is 4.74 Å². The first-order valence-corrected chi connectivity index (χ1v) is 7.09. The molecule has 0 amide bonds. The van der Waals surface area contributed by atoms with E-state index in [9.17, 15) is 9.90 Å². The van der Waals surface area contributed by atoms with Crippen molar-refractivity contribution in [2.45, 2.75) is 59.0 Å². The van der Waals surface area contributed by atoms with Gasteiger partial charge in [0.25, 0.3) is 0 Å². The van der Waals surface area contributed by atoms with Crippen molar-refractivity contribution >= 4 is 5.97 Å². The molecule has 0 aromatic rings. The largest absolute Gasteiger partial charge is 0.469 e. The summed E-state index contributed by atoms with van der Waals surface area (Å²) in [4.78, 5) is 12.1. The summed E-state index contributed by atoms with van der Waals surface area (Å²) < 4.78 is 4.94. The van der Waals surface area contributed by atoms with Gasteiger partial charge in [0.1, 0.15) is 0 Å². The molecule has 2 aliphatic rings. The van der Waals surface area contributed by atoms with E-state index in [1.54, 1.807) is 0 Å². The summed E-state index contributed by atoms with van der Waals surface area (Å²) in [7, 11) is 1.43. The fourth-order valence-electron chi connectivity index (χ4n) is 4.76. The van der Waals surface area contributed by atoms with E-state index in [1.807, 2.05) is 0 Å². The first-order chi connectivity index (χ1) is 8.33. The highest BCUT2D eigenvalue weighted by Gasteiger charge is 2.57. The van der Waals surface area contributed by atoms with Gasteiger partial charge in [-0.05, 0) is 42.4 Å². The van der Waals surface area contributed by atoms with Gasteiger partial charge in [-0.15, -0.1) is 0 Å². The fourth-order valence-corrected chi connectivity index (χ4v) is 4.76. The third kappa shape index (κ3) is 1.97. The second-order valence-electron chi connectivity index (χ2n) is 7.05. The summed E-state index contributed by atoms with van der Waals surface area (Å²) in [6.45, 7) is 6.80. The number of rotatable bonds is 1. The summed E-state index contributed by atoms with van der Waals surface area (Å²) in [5, 5.41) is 10.2. The zero-order chi connectivity index (χ0) is 13.6. The Labute approximate surface area is 110 Å². The average molecular weight is 254 g/mol. The Hall–Kier alpha value is -0.570. The Bertz CT molecular complexity index is 337. The Balaban J connectivity index is 2.37. The SMILES string of the molecule is COC(=O)[C@@H]1[C@@H](O)CC[C@H]2C(C)(C)CCC[C@@]12C. The molecule has 0 radical (unpaired) electrons. The van der Waals surface area contributed by atoms with Crippen LogP contribution in [0.5, 0.6) is 0 Å². The van der Waals surface area contributed by atoms with E-state index < -0.39 is 6.10 Å². The molecule has 0 bridgehead atoms. The lowest BCUT2D eigenvalue weighted by atomic mass is 9.48. The summed E-state index contributed by atoms with van der Waals surface area (Å²) in [5.41, 5.74) is 0.159. The van der Waals surface area contributed by atoms with Crippen LogP contribution in [-0.4, -0.2) is 24.3 Å². The maximum Gasteiger partial charge on any atom is 0.311 e. The van der Waals surface area contributed by atoms with E-state index in [1.165, 1.54) is 13.5 Å². The molecule has 2 rings (SSSR count). The predicted molar refractivity (Wildman–Crippen MR) is 70.0 cm³/mol. The van der Waals surface area contributed by atoms with E-state index in [2.05, 4.69) is 20.8 Å². The van der Waals surface area contributed by atoms with Crippen molar-refractivity contribution in [3.05, 3.63) is 0 Å². The van der Waals surface area contributed by atoms with Crippen LogP contribution in [0.3, 0.4) is 0 Å². The Morgan fingerprint density at radius 1 is 1.22 bits per heavy atom. The number of methoxy groups -OCH3 is 1.